The van der Waals surface area contributed by atoms with Gasteiger partial charge in [-0.05, 0) is 66.6 Å². The Morgan fingerprint density at radius 3 is 2.19 bits per heavy atom. The number of aromatic hydroxyl groups is 1. The highest BCUT2D eigenvalue weighted by atomic mass is 32.1. The first-order valence-electron chi connectivity index (χ1n) is 13.9. The van der Waals surface area contributed by atoms with Gasteiger partial charge in [0, 0.05) is 16.7 Å². The molecule has 1 aliphatic heterocycles. The predicted octanol–water partition coefficient (Wildman–Crippen LogP) is 5.12. The summed E-state index contributed by atoms with van der Waals surface area (Å²) in [6.45, 7) is 15.9. The summed E-state index contributed by atoms with van der Waals surface area (Å²) in [6.07, 6.45) is 1.83. The Morgan fingerprint density at radius 1 is 1.05 bits per heavy atom. The summed E-state index contributed by atoms with van der Waals surface area (Å²) in [7, 11) is 3.10. The molecular formula is C33H40N2O6S. The van der Waals surface area contributed by atoms with Gasteiger partial charge < -0.3 is 19.3 Å². The number of carbonyl (C=O) groups is 1. The fourth-order valence-electron chi connectivity index (χ4n) is 5.17. The lowest BCUT2D eigenvalue weighted by Crippen LogP contribution is -2.40. The zero-order valence-corrected chi connectivity index (χ0v) is 26.9. The fourth-order valence-corrected chi connectivity index (χ4v) is 6.22. The first-order valence-corrected chi connectivity index (χ1v) is 14.7. The minimum absolute atomic E-state index is 0.176. The van der Waals surface area contributed by atoms with Gasteiger partial charge in [-0.1, -0.05) is 52.9 Å². The van der Waals surface area contributed by atoms with Crippen molar-refractivity contribution in [1.82, 2.24) is 4.57 Å². The largest absolute Gasteiger partial charge is 0.507 e. The molecule has 0 amide bonds. The summed E-state index contributed by atoms with van der Waals surface area (Å²) in [4.78, 5) is 32.6. The van der Waals surface area contributed by atoms with Crippen molar-refractivity contribution in [3.8, 4) is 17.2 Å². The Morgan fingerprint density at radius 2 is 1.67 bits per heavy atom. The lowest BCUT2D eigenvalue weighted by atomic mass is 9.78. The van der Waals surface area contributed by atoms with Gasteiger partial charge in [0.25, 0.3) is 5.56 Å². The van der Waals surface area contributed by atoms with Crippen molar-refractivity contribution in [2.45, 2.75) is 72.3 Å². The number of methoxy groups -OCH3 is 2. The number of phenolic OH excluding ortho intramolecular Hbond substituents is 1. The molecule has 1 aliphatic rings. The molecule has 0 fully saturated rings. The third kappa shape index (κ3) is 5.75. The van der Waals surface area contributed by atoms with Crippen LogP contribution in [0.25, 0.3) is 6.08 Å². The van der Waals surface area contributed by atoms with Crippen LogP contribution in [0.5, 0.6) is 17.2 Å². The summed E-state index contributed by atoms with van der Waals surface area (Å²) >= 11 is 1.25. The normalized spacial score (nSPS) is 15.8. The molecule has 1 unspecified atom stereocenters. The van der Waals surface area contributed by atoms with E-state index < -0.39 is 12.0 Å². The third-order valence-electron chi connectivity index (χ3n) is 7.29. The van der Waals surface area contributed by atoms with Gasteiger partial charge in [0.15, 0.2) is 4.80 Å². The second-order valence-corrected chi connectivity index (χ2v) is 13.4. The van der Waals surface area contributed by atoms with Crippen molar-refractivity contribution < 1.29 is 24.1 Å². The fraction of sp³-hybridized carbons (Fsp3) is 0.424. The number of esters is 1. The molecule has 0 spiro atoms. The second-order valence-electron chi connectivity index (χ2n) is 12.4. The molecule has 1 atom stereocenters. The van der Waals surface area contributed by atoms with Gasteiger partial charge in [-0.2, -0.15) is 0 Å². The summed E-state index contributed by atoms with van der Waals surface area (Å²) in [5.41, 5.74) is 2.75. The number of hydrogen-bond donors (Lipinski definition) is 1. The van der Waals surface area contributed by atoms with E-state index in [9.17, 15) is 14.7 Å². The van der Waals surface area contributed by atoms with Crippen LogP contribution in [0.15, 0.2) is 51.4 Å². The molecular weight excluding hydrogens is 552 g/mol. The van der Waals surface area contributed by atoms with Crippen molar-refractivity contribution in [2.24, 2.45) is 4.99 Å². The maximum atomic E-state index is 14.2. The molecule has 4 rings (SSSR count). The van der Waals surface area contributed by atoms with Gasteiger partial charge in [-0.25, -0.2) is 9.79 Å². The van der Waals surface area contributed by atoms with Crippen LogP contribution in [0, 0.1) is 0 Å². The molecule has 224 valence electrons. The van der Waals surface area contributed by atoms with Gasteiger partial charge >= 0.3 is 5.97 Å². The molecule has 0 bridgehead atoms. The van der Waals surface area contributed by atoms with Crippen LogP contribution in [-0.4, -0.2) is 36.5 Å². The molecule has 0 saturated carbocycles. The average molecular weight is 593 g/mol. The number of aromatic nitrogens is 1. The van der Waals surface area contributed by atoms with E-state index in [0.717, 1.165) is 16.7 Å². The van der Waals surface area contributed by atoms with Crippen LogP contribution in [0.3, 0.4) is 0 Å². The molecule has 2 heterocycles. The molecule has 1 aromatic heterocycles. The van der Waals surface area contributed by atoms with Crippen LogP contribution in [0.2, 0.25) is 0 Å². The average Bonchev–Trinajstić information content (AvgIpc) is 3.21. The highest BCUT2D eigenvalue weighted by Crippen LogP contribution is 2.40. The predicted molar refractivity (Wildman–Crippen MR) is 165 cm³/mol. The Hall–Kier alpha value is -3.85. The summed E-state index contributed by atoms with van der Waals surface area (Å²) < 4.78 is 18.6. The van der Waals surface area contributed by atoms with E-state index in [2.05, 4.69) is 4.99 Å². The van der Waals surface area contributed by atoms with Gasteiger partial charge in [0.05, 0.1) is 36.6 Å². The minimum Gasteiger partial charge on any atom is -0.507 e. The van der Waals surface area contributed by atoms with Crippen LogP contribution < -0.4 is 24.4 Å². The van der Waals surface area contributed by atoms with Crippen molar-refractivity contribution >= 4 is 23.4 Å². The van der Waals surface area contributed by atoms with E-state index in [1.54, 1.807) is 46.3 Å². The van der Waals surface area contributed by atoms with Crippen LogP contribution in [0.4, 0.5) is 0 Å². The maximum absolute atomic E-state index is 14.2. The van der Waals surface area contributed by atoms with E-state index in [1.165, 1.54) is 15.9 Å². The molecule has 1 N–H and O–H groups in total. The Bertz CT molecular complexity index is 1710. The number of ether oxygens (including phenoxy) is 3. The lowest BCUT2D eigenvalue weighted by Gasteiger charge is -2.27. The van der Waals surface area contributed by atoms with Gasteiger partial charge in [0.2, 0.25) is 0 Å². The standard InChI is InChI=1S/C33H40N2O6S/c1-11-41-30(38)26-18(2)34-31-35(27(26)21-17-20(39-9)12-13-24(21)40-10)29(37)25(42-31)16-19-14-22(32(3,4)5)28(36)23(15-19)33(6,7)8/h12-17,27,36H,11H2,1-10H3/b25-16+. The van der Waals surface area contributed by atoms with E-state index in [0.29, 0.717) is 32.1 Å². The van der Waals surface area contributed by atoms with Gasteiger partial charge in [0.1, 0.15) is 23.3 Å². The van der Waals surface area contributed by atoms with Crippen molar-refractivity contribution in [1.29, 1.82) is 0 Å². The highest BCUT2D eigenvalue weighted by molar-refractivity contribution is 7.07. The number of allylic oxidation sites excluding steroid dienone is 1. The van der Waals surface area contributed by atoms with E-state index in [1.807, 2.05) is 59.8 Å². The Kier molecular flexibility index (Phi) is 8.47. The van der Waals surface area contributed by atoms with Crippen LogP contribution in [0.1, 0.15) is 83.7 Å². The highest BCUT2D eigenvalue weighted by Gasteiger charge is 2.35. The maximum Gasteiger partial charge on any atom is 0.338 e. The zero-order valence-electron chi connectivity index (χ0n) is 26.0. The number of thiazole rings is 1. The van der Waals surface area contributed by atoms with Gasteiger partial charge in [-0.15, -0.1) is 0 Å². The molecule has 9 heteroatoms. The van der Waals surface area contributed by atoms with Crippen molar-refractivity contribution in [3.05, 3.63) is 83.5 Å². The van der Waals surface area contributed by atoms with Crippen molar-refractivity contribution in [3.63, 3.8) is 0 Å². The van der Waals surface area contributed by atoms with Crippen LogP contribution in [-0.2, 0) is 20.4 Å². The number of nitrogens with zero attached hydrogens (tertiary/aromatic N) is 2. The molecule has 0 aliphatic carbocycles. The lowest BCUT2D eigenvalue weighted by molar-refractivity contribution is -0.139. The molecule has 8 nitrogen and oxygen atoms in total. The number of benzene rings is 2. The number of hydrogen-bond acceptors (Lipinski definition) is 8. The number of phenols is 1. The SMILES string of the molecule is CCOC(=O)C1=C(C)N=c2s/c(=C/c3cc(C(C)(C)C)c(O)c(C(C)(C)C)c3)c(=O)n2C1c1cc(OC)ccc1OC. The molecule has 42 heavy (non-hydrogen) atoms. The second kappa shape index (κ2) is 11.4. The topological polar surface area (TPSA) is 99.4 Å². The summed E-state index contributed by atoms with van der Waals surface area (Å²) in [5.74, 6) is 0.772. The quantitative estimate of drug-likeness (QED) is 0.399. The number of carbonyl (C=O) groups excluding carboxylic acids is 1. The number of rotatable bonds is 6. The first kappa shape index (κ1) is 31.1. The zero-order chi connectivity index (χ0) is 31.1. The monoisotopic (exact) mass is 592 g/mol. The first-order chi connectivity index (χ1) is 19.6. The van der Waals surface area contributed by atoms with E-state index >= 15 is 0 Å². The van der Waals surface area contributed by atoms with Gasteiger partial charge in [-0.3, -0.25) is 9.36 Å². The summed E-state index contributed by atoms with van der Waals surface area (Å²) in [6, 6.07) is 8.30. The van der Waals surface area contributed by atoms with E-state index in [-0.39, 0.29) is 34.3 Å². The third-order valence-corrected chi connectivity index (χ3v) is 8.28. The molecule has 0 saturated heterocycles. The Balaban J connectivity index is 2.05. The smallest absolute Gasteiger partial charge is 0.338 e. The van der Waals surface area contributed by atoms with E-state index in [4.69, 9.17) is 14.2 Å². The number of fused-ring (bicyclic) bond motifs is 1. The van der Waals surface area contributed by atoms with Crippen LogP contribution >= 0.6 is 11.3 Å². The van der Waals surface area contributed by atoms with Crippen molar-refractivity contribution in [2.75, 3.05) is 20.8 Å². The minimum atomic E-state index is -0.845. The molecule has 2 aromatic carbocycles. The molecule has 3 aromatic rings. The Labute approximate surface area is 250 Å². The summed E-state index contributed by atoms with van der Waals surface area (Å²) in [5, 5.41) is 11.2. The molecule has 0 radical (unpaired) electrons.